The summed E-state index contributed by atoms with van der Waals surface area (Å²) in [6, 6.07) is -0.764. The highest BCUT2D eigenvalue weighted by Crippen LogP contribution is 2.17. The average molecular weight is 406 g/mol. The largest absolute Gasteiger partial charge is 0.398 e. The third-order valence-electron chi connectivity index (χ3n) is 3.16. The number of thiazole rings is 1. The van der Waals surface area contributed by atoms with Gasteiger partial charge in [-0.1, -0.05) is 5.16 Å². The second-order valence-electron chi connectivity index (χ2n) is 4.86. The quantitative estimate of drug-likeness (QED) is 0.242. The van der Waals surface area contributed by atoms with E-state index >= 15 is 0 Å². The number of β-lactam (4-membered cyclic amide) rings is 1. The Balaban J connectivity index is 2.10. The molecule has 2 unspecified atom stereocenters. The van der Waals surface area contributed by atoms with Gasteiger partial charge in [0.15, 0.2) is 10.8 Å². The van der Waals surface area contributed by atoms with Crippen molar-refractivity contribution < 1.29 is 19.2 Å². The summed E-state index contributed by atoms with van der Waals surface area (Å²) < 4.78 is 0. The molecule has 0 spiro atoms. The molecule has 0 aromatic carbocycles. The Labute approximate surface area is 156 Å². The van der Waals surface area contributed by atoms with E-state index in [4.69, 9.17) is 16.4 Å². The molecule has 1 fully saturated rings. The lowest BCUT2D eigenvalue weighted by molar-refractivity contribution is -0.134. The number of alkyl halides is 1. The van der Waals surface area contributed by atoms with Gasteiger partial charge in [0, 0.05) is 11.1 Å². The summed E-state index contributed by atoms with van der Waals surface area (Å²) in [4.78, 5) is 44.2. The SMILES string of the molecule is CON=C(C(=O)NC1C(=O)NC1CSC)c1csc(NC(=O)CCl)n1. The van der Waals surface area contributed by atoms with Gasteiger partial charge in [-0.05, 0) is 6.26 Å². The van der Waals surface area contributed by atoms with Gasteiger partial charge in [-0.3, -0.25) is 14.4 Å². The summed E-state index contributed by atoms with van der Waals surface area (Å²) in [5.41, 5.74) is 0.128. The maximum atomic E-state index is 12.5. The molecule has 3 amide bonds. The molecule has 2 heterocycles. The lowest BCUT2D eigenvalue weighted by Gasteiger charge is -2.36. The number of aromatic nitrogens is 1. The first-order chi connectivity index (χ1) is 12.0. The molecule has 136 valence electrons. The van der Waals surface area contributed by atoms with Gasteiger partial charge in [-0.2, -0.15) is 11.8 Å². The number of nitrogens with one attached hydrogen (secondary N) is 3. The van der Waals surface area contributed by atoms with Gasteiger partial charge in [-0.25, -0.2) is 4.98 Å². The standard InChI is InChI=1S/C13H16ClN5O4S2/c1-23-19-10(7-5-25-13(16-7)17-8(20)3-14)12(22)18-9-6(4-24-2)15-11(9)21/h5-6,9H,3-4H2,1-2H3,(H,15,21)(H,18,22)(H,16,17,20). The number of hydrogen-bond acceptors (Lipinski definition) is 8. The molecule has 3 N–H and O–H groups in total. The van der Waals surface area contributed by atoms with E-state index in [1.807, 2.05) is 6.26 Å². The summed E-state index contributed by atoms with van der Waals surface area (Å²) in [6.07, 6.45) is 1.91. The van der Waals surface area contributed by atoms with Crippen LogP contribution in [0.3, 0.4) is 0 Å². The van der Waals surface area contributed by atoms with Crippen LogP contribution < -0.4 is 16.0 Å². The number of amides is 3. The minimum absolute atomic E-state index is 0.0901. The molecule has 1 saturated heterocycles. The second-order valence-corrected chi connectivity index (χ2v) is 6.90. The Bertz CT molecular complexity index is 696. The number of halogens is 1. The highest BCUT2D eigenvalue weighted by atomic mass is 35.5. The monoisotopic (exact) mass is 405 g/mol. The average Bonchev–Trinajstić information content (AvgIpc) is 3.05. The smallest absolute Gasteiger partial charge is 0.276 e. The topological polar surface area (TPSA) is 122 Å². The van der Waals surface area contributed by atoms with Crippen LogP contribution in [-0.4, -0.2) is 65.5 Å². The summed E-state index contributed by atoms with van der Waals surface area (Å²) in [6.45, 7) is 0. The fraction of sp³-hybridized carbons (Fsp3) is 0.462. The van der Waals surface area contributed by atoms with Crippen molar-refractivity contribution >= 4 is 63.3 Å². The predicted molar refractivity (Wildman–Crippen MR) is 97.3 cm³/mol. The van der Waals surface area contributed by atoms with Crippen molar-refractivity contribution in [3.8, 4) is 0 Å². The molecule has 0 bridgehead atoms. The van der Waals surface area contributed by atoms with E-state index in [-0.39, 0.29) is 34.4 Å². The van der Waals surface area contributed by atoms with Gasteiger partial charge >= 0.3 is 0 Å². The van der Waals surface area contributed by atoms with Crippen LogP contribution in [0.5, 0.6) is 0 Å². The summed E-state index contributed by atoms with van der Waals surface area (Å²) in [5, 5.41) is 13.3. The van der Waals surface area contributed by atoms with Crippen molar-refractivity contribution in [3.05, 3.63) is 11.1 Å². The van der Waals surface area contributed by atoms with E-state index in [9.17, 15) is 14.4 Å². The van der Waals surface area contributed by atoms with Crippen LogP contribution in [0.25, 0.3) is 0 Å². The highest BCUT2D eigenvalue weighted by Gasteiger charge is 2.40. The molecule has 9 nitrogen and oxygen atoms in total. The van der Waals surface area contributed by atoms with Gasteiger partial charge in [-0.15, -0.1) is 22.9 Å². The molecule has 1 aromatic heterocycles. The van der Waals surface area contributed by atoms with Crippen molar-refractivity contribution in [1.29, 1.82) is 0 Å². The van der Waals surface area contributed by atoms with Gasteiger partial charge in [0.1, 0.15) is 24.7 Å². The third kappa shape index (κ3) is 4.83. The highest BCUT2D eigenvalue weighted by molar-refractivity contribution is 7.98. The van der Waals surface area contributed by atoms with Gasteiger partial charge in [0.2, 0.25) is 11.8 Å². The normalized spacial score (nSPS) is 19.6. The molecule has 25 heavy (non-hydrogen) atoms. The summed E-state index contributed by atoms with van der Waals surface area (Å²) in [5.74, 6) is -0.782. The van der Waals surface area contributed by atoms with E-state index in [0.29, 0.717) is 5.75 Å². The van der Waals surface area contributed by atoms with E-state index in [0.717, 1.165) is 11.3 Å². The van der Waals surface area contributed by atoms with Crippen LogP contribution >= 0.6 is 34.7 Å². The molecular weight excluding hydrogens is 390 g/mol. The lowest BCUT2D eigenvalue weighted by Crippen LogP contribution is -2.70. The lowest BCUT2D eigenvalue weighted by atomic mass is 10.0. The number of carbonyl (C=O) groups is 3. The Kier molecular flexibility index (Phi) is 7.02. The molecule has 2 atom stereocenters. The Hall–Kier alpha value is -1.85. The van der Waals surface area contributed by atoms with Crippen molar-refractivity contribution in [2.75, 3.05) is 30.3 Å². The number of carbonyl (C=O) groups excluding carboxylic acids is 3. The first kappa shape index (κ1) is 19.5. The number of oxime groups is 1. The zero-order valence-electron chi connectivity index (χ0n) is 13.4. The maximum absolute atomic E-state index is 12.5. The van der Waals surface area contributed by atoms with E-state index < -0.39 is 17.9 Å². The Morgan fingerprint density at radius 1 is 1.56 bits per heavy atom. The number of anilines is 1. The van der Waals surface area contributed by atoms with Gasteiger partial charge < -0.3 is 20.8 Å². The summed E-state index contributed by atoms with van der Waals surface area (Å²) in [7, 11) is 1.29. The molecule has 0 radical (unpaired) electrons. The third-order valence-corrected chi connectivity index (χ3v) is 4.85. The summed E-state index contributed by atoms with van der Waals surface area (Å²) >= 11 is 8.10. The van der Waals surface area contributed by atoms with Crippen molar-refractivity contribution in [2.24, 2.45) is 5.16 Å². The molecule has 0 saturated carbocycles. The second kappa shape index (κ2) is 9.02. The van der Waals surface area contributed by atoms with Crippen LogP contribution in [-0.2, 0) is 19.2 Å². The molecule has 12 heteroatoms. The Morgan fingerprint density at radius 2 is 2.32 bits per heavy atom. The molecule has 2 rings (SSSR count). The molecular formula is C13H16ClN5O4S2. The van der Waals surface area contributed by atoms with Gasteiger partial charge in [0.25, 0.3) is 5.91 Å². The Morgan fingerprint density at radius 3 is 2.92 bits per heavy atom. The van der Waals surface area contributed by atoms with Crippen LogP contribution in [0.15, 0.2) is 10.5 Å². The fourth-order valence-electron chi connectivity index (χ4n) is 2.02. The minimum Gasteiger partial charge on any atom is -0.398 e. The van der Waals surface area contributed by atoms with Crippen LogP contribution in [0, 0.1) is 0 Å². The van der Waals surface area contributed by atoms with Gasteiger partial charge in [0.05, 0.1) is 6.04 Å². The van der Waals surface area contributed by atoms with Crippen molar-refractivity contribution in [3.63, 3.8) is 0 Å². The first-order valence-corrected chi connectivity index (χ1v) is 9.84. The molecule has 1 aromatic rings. The number of thioether (sulfide) groups is 1. The first-order valence-electron chi connectivity index (χ1n) is 7.03. The van der Waals surface area contributed by atoms with Crippen molar-refractivity contribution in [1.82, 2.24) is 15.6 Å². The van der Waals surface area contributed by atoms with Crippen LogP contribution in [0.4, 0.5) is 5.13 Å². The van der Waals surface area contributed by atoms with E-state index in [2.05, 4.69) is 26.1 Å². The van der Waals surface area contributed by atoms with Crippen molar-refractivity contribution in [2.45, 2.75) is 12.1 Å². The molecule has 1 aliphatic heterocycles. The van der Waals surface area contributed by atoms with E-state index in [1.165, 1.54) is 7.11 Å². The molecule has 1 aliphatic rings. The minimum atomic E-state index is -0.629. The fourth-order valence-corrected chi connectivity index (χ4v) is 3.44. The predicted octanol–water partition coefficient (Wildman–Crippen LogP) is 0.0171. The zero-order valence-corrected chi connectivity index (χ0v) is 15.8. The zero-order chi connectivity index (χ0) is 18.4. The van der Waals surface area contributed by atoms with Crippen LogP contribution in [0.2, 0.25) is 0 Å². The molecule has 0 aliphatic carbocycles. The number of nitrogens with zero attached hydrogens (tertiary/aromatic N) is 2. The van der Waals surface area contributed by atoms with E-state index in [1.54, 1.807) is 17.1 Å². The number of hydrogen-bond donors (Lipinski definition) is 3. The number of rotatable bonds is 8. The van der Waals surface area contributed by atoms with Crippen LogP contribution in [0.1, 0.15) is 5.69 Å². The maximum Gasteiger partial charge on any atom is 0.276 e.